The average Bonchev–Trinajstić information content (AvgIpc) is 2.51. The summed E-state index contributed by atoms with van der Waals surface area (Å²) >= 11 is 12.0. The highest BCUT2D eigenvalue weighted by atomic mass is 35.5. The topological polar surface area (TPSA) is 70.2 Å². The summed E-state index contributed by atoms with van der Waals surface area (Å²) < 4.78 is 0. The maximum atomic E-state index is 12.1. The lowest BCUT2D eigenvalue weighted by Gasteiger charge is -2.11. The molecular weight excluding hydrogens is 337 g/mol. The fourth-order valence-corrected chi connectivity index (χ4v) is 2.08. The number of anilines is 2. The van der Waals surface area contributed by atoms with Gasteiger partial charge >= 0.3 is 0 Å². The van der Waals surface area contributed by atoms with Crippen LogP contribution in [-0.4, -0.2) is 48.0 Å². The van der Waals surface area contributed by atoms with Gasteiger partial charge in [-0.2, -0.15) is 0 Å². The number of nitrogens with zero attached hydrogens (tertiary/aromatic N) is 3. The van der Waals surface area contributed by atoms with Crippen molar-refractivity contribution in [2.75, 3.05) is 32.5 Å². The average molecular weight is 354 g/mol. The molecule has 0 atom stereocenters. The molecular formula is C15H17Cl2N5O. The van der Waals surface area contributed by atoms with Crippen LogP contribution in [0, 0.1) is 0 Å². The quantitative estimate of drug-likeness (QED) is 0.835. The Balaban J connectivity index is 2.07. The van der Waals surface area contributed by atoms with E-state index in [1.165, 1.54) is 6.20 Å². The first-order valence-corrected chi connectivity index (χ1v) is 7.69. The normalized spacial score (nSPS) is 10.7. The number of hydrogen-bond donors (Lipinski definition) is 2. The highest BCUT2D eigenvalue weighted by molar-refractivity contribution is 6.35. The summed E-state index contributed by atoms with van der Waals surface area (Å²) in [6.45, 7) is 1.29. The molecule has 0 bridgehead atoms. The van der Waals surface area contributed by atoms with Crippen LogP contribution in [0.2, 0.25) is 10.0 Å². The lowest BCUT2D eigenvalue weighted by molar-refractivity contribution is 0.0946. The third-order valence-electron chi connectivity index (χ3n) is 2.91. The van der Waals surface area contributed by atoms with E-state index in [1.807, 2.05) is 19.0 Å². The van der Waals surface area contributed by atoms with Gasteiger partial charge in [-0.1, -0.05) is 23.2 Å². The van der Waals surface area contributed by atoms with Crippen LogP contribution in [-0.2, 0) is 0 Å². The minimum absolute atomic E-state index is 0.255. The molecule has 23 heavy (non-hydrogen) atoms. The molecule has 1 heterocycles. The molecule has 6 nitrogen and oxygen atoms in total. The summed E-state index contributed by atoms with van der Waals surface area (Å²) in [5.41, 5.74) is 0.851. The zero-order chi connectivity index (χ0) is 16.8. The molecule has 122 valence electrons. The summed E-state index contributed by atoms with van der Waals surface area (Å²) in [4.78, 5) is 22.3. The van der Waals surface area contributed by atoms with E-state index in [-0.39, 0.29) is 17.5 Å². The SMILES string of the molecule is CN(C)CCNC(=O)c1ccnc(Nc2cc(Cl)ccc2Cl)n1. The molecule has 1 aromatic carbocycles. The predicted octanol–water partition coefficient (Wildman–Crippen LogP) is 2.82. The fourth-order valence-electron chi connectivity index (χ4n) is 1.74. The van der Waals surface area contributed by atoms with E-state index in [2.05, 4.69) is 20.6 Å². The number of carbonyl (C=O) groups excluding carboxylic acids is 1. The van der Waals surface area contributed by atoms with Gasteiger partial charge in [-0.05, 0) is 38.4 Å². The van der Waals surface area contributed by atoms with E-state index >= 15 is 0 Å². The minimum Gasteiger partial charge on any atom is -0.349 e. The van der Waals surface area contributed by atoms with Crippen molar-refractivity contribution in [3.63, 3.8) is 0 Å². The number of hydrogen-bond acceptors (Lipinski definition) is 5. The second-order valence-electron chi connectivity index (χ2n) is 5.07. The molecule has 0 aliphatic heterocycles. The Labute approximate surface area is 144 Å². The van der Waals surface area contributed by atoms with Crippen molar-refractivity contribution in [3.05, 3.63) is 46.2 Å². The van der Waals surface area contributed by atoms with Crippen molar-refractivity contribution in [2.24, 2.45) is 0 Å². The number of amides is 1. The van der Waals surface area contributed by atoms with Crippen LogP contribution in [0.3, 0.4) is 0 Å². The van der Waals surface area contributed by atoms with Crippen LogP contribution in [0.4, 0.5) is 11.6 Å². The first-order valence-electron chi connectivity index (χ1n) is 6.94. The minimum atomic E-state index is -0.255. The van der Waals surface area contributed by atoms with Gasteiger partial charge in [0.25, 0.3) is 5.91 Å². The molecule has 0 radical (unpaired) electrons. The van der Waals surface area contributed by atoms with E-state index in [0.29, 0.717) is 22.3 Å². The Kier molecular flexibility index (Phi) is 6.15. The predicted molar refractivity (Wildman–Crippen MR) is 92.7 cm³/mol. The molecule has 0 aliphatic rings. The van der Waals surface area contributed by atoms with Crippen molar-refractivity contribution in [2.45, 2.75) is 0 Å². The van der Waals surface area contributed by atoms with Gasteiger partial charge in [0.05, 0.1) is 10.7 Å². The van der Waals surface area contributed by atoms with Crippen LogP contribution in [0.1, 0.15) is 10.5 Å². The molecule has 0 aliphatic carbocycles. The van der Waals surface area contributed by atoms with Gasteiger partial charge in [-0.25, -0.2) is 9.97 Å². The van der Waals surface area contributed by atoms with Crippen LogP contribution < -0.4 is 10.6 Å². The summed E-state index contributed by atoms with van der Waals surface area (Å²) in [7, 11) is 3.88. The molecule has 1 amide bonds. The molecule has 2 N–H and O–H groups in total. The van der Waals surface area contributed by atoms with E-state index in [1.54, 1.807) is 24.3 Å². The number of benzene rings is 1. The van der Waals surface area contributed by atoms with Gasteiger partial charge in [0.15, 0.2) is 0 Å². The maximum Gasteiger partial charge on any atom is 0.270 e. The molecule has 1 aromatic heterocycles. The zero-order valence-electron chi connectivity index (χ0n) is 12.8. The molecule has 2 rings (SSSR count). The lowest BCUT2D eigenvalue weighted by Crippen LogP contribution is -2.31. The fraction of sp³-hybridized carbons (Fsp3) is 0.267. The lowest BCUT2D eigenvalue weighted by atomic mass is 10.3. The first-order chi connectivity index (χ1) is 11.0. The highest BCUT2D eigenvalue weighted by Gasteiger charge is 2.10. The van der Waals surface area contributed by atoms with Gasteiger partial charge in [-0.15, -0.1) is 0 Å². The number of halogens is 2. The Bertz CT molecular complexity index is 693. The van der Waals surface area contributed by atoms with Gasteiger partial charge in [0, 0.05) is 24.3 Å². The molecule has 0 saturated heterocycles. The Morgan fingerprint density at radius 2 is 2.04 bits per heavy atom. The summed E-state index contributed by atoms with van der Waals surface area (Å²) in [6.07, 6.45) is 1.51. The van der Waals surface area contributed by atoms with Crippen molar-refractivity contribution in [3.8, 4) is 0 Å². The summed E-state index contributed by atoms with van der Waals surface area (Å²) in [5, 5.41) is 6.77. The van der Waals surface area contributed by atoms with Crippen LogP contribution >= 0.6 is 23.2 Å². The third-order valence-corrected chi connectivity index (χ3v) is 3.47. The van der Waals surface area contributed by atoms with E-state index in [9.17, 15) is 4.79 Å². The number of aromatic nitrogens is 2. The van der Waals surface area contributed by atoms with Crippen molar-refractivity contribution >= 4 is 40.7 Å². The van der Waals surface area contributed by atoms with Crippen molar-refractivity contribution in [1.29, 1.82) is 0 Å². The van der Waals surface area contributed by atoms with Crippen LogP contribution in [0.15, 0.2) is 30.5 Å². The monoisotopic (exact) mass is 353 g/mol. The number of nitrogens with one attached hydrogen (secondary N) is 2. The molecule has 0 fully saturated rings. The Hall–Kier alpha value is -1.89. The van der Waals surface area contributed by atoms with Gasteiger partial charge in [0.2, 0.25) is 5.95 Å². The number of rotatable bonds is 6. The molecule has 0 spiro atoms. The molecule has 2 aromatic rings. The molecule has 0 unspecified atom stereocenters. The van der Waals surface area contributed by atoms with Crippen LogP contribution in [0.5, 0.6) is 0 Å². The summed E-state index contributed by atoms with van der Waals surface area (Å²) in [6, 6.07) is 6.57. The standard InChI is InChI=1S/C15H17Cl2N5O/c1-22(2)8-7-18-14(23)12-5-6-19-15(20-12)21-13-9-10(16)3-4-11(13)17/h3-6,9H,7-8H2,1-2H3,(H,18,23)(H,19,20,21). The number of likely N-dealkylation sites (N-methyl/N-ethyl adjacent to an activating group) is 1. The third kappa shape index (κ3) is 5.35. The van der Waals surface area contributed by atoms with Crippen molar-refractivity contribution < 1.29 is 4.79 Å². The van der Waals surface area contributed by atoms with E-state index in [4.69, 9.17) is 23.2 Å². The zero-order valence-corrected chi connectivity index (χ0v) is 14.3. The number of carbonyl (C=O) groups is 1. The molecule has 0 saturated carbocycles. The van der Waals surface area contributed by atoms with Gasteiger partial charge < -0.3 is 15.5 Å². The Morgan fingerprint density at radius 3 is 2.78 bits per heavy atom. The van der Waals surface area contributed by atoms with Gasteiger partial charge in [0.1, 0.15) is 5.69 Å². The second-order valence-corrected chi connectivity index (χ2v) is 5.92. The van der Waals surface area contributed by atoms with Gasteiger partial charge in [-0.3, -0.25) is 4.79 Å². The summed E-state index contributed by atoms with van der Waals surface area (Å²) in [5.74, 6) is 0.0175. The second kappa shape index (κ2) is 8.10. The van der Waals surface area contributed by atoms with Crippen molar-refractivity contribution in [1.82, 2.24) is 20.2 Å². The Morgan fingerprint density at radius 1 is 1.26 bits per heavy atom. The first kappa shape index (κ1) is 17.5. The molecule has 8 heteroatoms. The smallest absolute Gasteiger partial charge is 0.270 e. The largest absolute Gasteiger partial charge is 0.349 e. The van der Waals surface area contributed by atoms with Crippen LogP contribution in [0.25, 0.3) is 0 Å². The van der Waals surface area contributed by atoms with E-state index < -0.39 is 0 Å². The highest BCUT2D eigenvalue weighted by Crippen LogP contribution is 2.27. The maximum absolute atomic E-state index is 12.1. The van der Waals surface area contributed by atoms with E-state index in [0.717, 1.165) is 6.54 Å².